The molecule has 0 saturated carbocycles. The summed E-state index contributed by atoms with van der Waals surface area (Å²) in [6.45, 7) is 3.42. The second-order valence-electron chi connectivity index (χ2n) is 9.63. The van der Waals surface area contributed by atoms with Crippen LogP contribution in [0, 0.1) is 6.92 Å². The Hall–Kier alpha value is -3.66. The monoisotopic (exact) mass is 510 g/mol. The number of carbonyl (C=O) groups excluding carboxylic acids is 1. The first-order valence-electron chi connectivity index (χ1n) is 12.3. The number of alkyl halides is 3. The maximum Gasteiger partial charge on any atom is 0.431 e. The van der Waals surface area contributed by atoms with Gasteiger partial charge in [-0.3, -0.25) is 9.79 Å². The smallest absolute Gasteiger partial charge is 0.394 e. The van der Waals surface area contributed by atoms with Crippen molar-refractivity contribution in [2.75, 3.05) is 20.1 Å². The fourth-order valence-corrected chi connectivity index (χ4v) is 5.28. The van der Waals surface area contributed by atoms with Crippen molar-refractivity contribution < 1.29 is 18.0 Å². The first kappa shape index (κ1) is 25.0. The van der Waals surface area contributed by atoms with E-state index < -0.39 is 23.4 Å². The molecule has 4 N–H and O–H groups in total. The number of hydrogen-bond donors (Lipinski definition) is 3. The molecule has 1 saturated heterocycles. The van der Waals surface area contributed by atoms with Crippen LogP contribution in [-0.2, 0) is 17.8 Å². The van der Waals surface area contributed by atoms with Crippen LogP contribution in [0.5, 0.6) is 0 Å². The number of halogens is 3. The quantitative estimate of drug-likeness (QED) is 0.360. The predicted octanol–water partition coefficient (Wildman–Crippen LogP) is 4.32. The molecule has 10 heteroatoms. The molecule has 37 heavy (non-hydrogen) atoms. The van der Waals surface area contributed by atoms with Crippen molar-refractivity contribution in [2.45, 2.75) is 44.9 Å². The van der Waals surface area contributed by atoms with Gasteiger partial charge in [-0.1, -0.05) is 6.07 Å². The largest absolute Gasteiger partial charge is 0.431 e. The normalized spacial score (nSPS) is 18.9. The summed E-state index contributed by atoms with van der Waals surface area (Å²) in [5.74, 6) is -0.766. The molecule has 2 aliphatic rings. The lowest BCUT2D eigenvalue weighted by atomic mass is 9.87. The summed E-state index contributed by atoms with van der Waals surface area (Å²) in [6, 6.07) is 6.49. The van der Waals surface area contributed by atoms with Gasteiger partial charge in [-0.05, 0) is 72.7 Å². The SMILES string of the molecule is CN=CC(C(=O)N1CCc2cc(-c3cnc4[nH]cc(C)c4c3)cc(C3CCCN3)c2C1)=C(N)C(F)(F)F. The Morgan fingerprint density at radius 1 is 1.27 bits per heavy atom. The molecule has 1 unspecified atom stereocenters. The second-order valence-corrected chi connectivity index (χ2v) is 9.63. The number of benzene rings is 1. The average Bonchev–Trinajstić information content (AvgIpc) is 3.55. The average molecular weight is 511 g/mol. The van der Waals surface area contributed by atoms with Crippen LogP contribution in [0.15, 0.2) is 46.9 Å². The lowest BCUT2D eigenvalue weighted by molar-refractivity contribution is -0.128. The van der Waals surface area contributed by atoms with Gasteiger partial charge in [-0.25, -0.2) is 4.98 Å². The zero-order chi connectivity index (χ0) is 26.3. The minimum atomic E-state index is -4.82. The summed E-state index contributed by atoms with van der Waals surface area (Å²) in [6.07, 6.45) is 2.37. The maximum atomic E-state index is 13.3. The summed E-state index contributed by atoms with van der Waals surface area (Å²) in [4.78, 5) is 26.1. The van der Waals surface area contributed by atoms with Crippen LogP contribution in [0.2, 0.25) is 0 Å². The number of fused-ring (bicyclic) bond motifs is 2. The number of hydrogen-bond acceptors (Lipinski definition) is 5. The minimum absolute atomic E-state index is 0.113. The Balaban J connectivity index is 1.55. The van der Waals surface area contributed by atoms with Gasteiger partial charge in [0.15, 0.2) is 0 Å². The first-order chi connectivity index (χ1) is 17.7. The van der Waals surface area contributed by atoms with Crippen LogP contribution < -0.4 is 11.1 Å². The molecule has 1 amide bonds. The lowest BCUT2D eigenvalue weighted by Crippen LogP contribution is -2.40. The third-order valence-corrected chi connectivity index (χ3v) is 7.26. The zero-order valence-corrected chi connectivity index (χ0v) is 20.7. The second kappa shape index (κ2) is 9.66. The Bertz CT molecular complexity index is 1420. The van der Waals surface area contributed by atoms with E-state index in [2.05, 4.69) is 38.5 Å². The van der Waals surface area contributed by atoms with Crippen molar-refractivity contribution in [1.29, 1.82) is 0 Å². The van der Waals surface area contributed by atoms with Gasteiger partial charge in [-0.2, -0.15) is 13.2 Å². The first-order valence-corrected chi connectivity index (χ1v) is 12.3. The van der Waals surface area contributed by atoms with Crippen LogP contribution in [-0.4, -0.2) is 53.3 Å². The molecule has 0 bridgehead atoms. The van der Waals surface area contributed by atoms with Crippen molar-refractivity contribution >= 4 is 23.2 Å². The van der Waals surface area contributed by atoms with Crippen molar-refractivity contribution in [3.05, 3.63) is 64.1 Å². The molecule has 1 atom stereocenters. The number of carbonyl (C=O) groups is 1. The number of aryl methyl sites for hydroxylation is 1. The van der Waals surface area contributed by atoms with E-state index >= 15 is 0 Å². The molecule has 5 rings (SSSR count). The van der Waals surface area contributed by atoms with Crippen LogP contribution in [0.3, 0.4) is 0 Å². The highest BCUT2D eigenvalue weighted by Crippen LogP contribution is 2.37. The molecule has 2 aromatic heterocycles. The van der Waals surface area contributed by atoms with E-state index in [4.69, 9.17) is 5.73 Å². The summed E-state index contributed by atoms with van der Waals surface area (Å²) in [5, 5.41) is 4.60. The standard InChI is InChI=1S/C27H29F3N6O/c1-15-11-34-25-19(15)10-18(12-35-25)17-8-16-5-7-36(14-22(16)20(9-17)23-4-3-6-33-23)26(37)21(13-32-2)24(31)27(28,29)30/h8-13,23,33H,3-7,14,31H2,1-2H3,(H,34,35). The van der Waals surface area contributed by atoms with E-state index in [1.807, 2.05) is 19.3 Å². The molecular formula is C27H29F3N6O. The summed E-state index contributed by atoms with van der Waals surface area (Å²) in [7, 11) is 1.31. The number of aromatic amines is 1. The summed E-state index contributed by atoms with van der Waals surface area (Å²) in [5.41, 5.74) is 10.4. The number of allylic oxidation sites excluding steroid dienone is 1. The fourth-order valence-electron chi connectivity index (χ4n) is 5.28. The third kappa shape index (κ3) is 4.73. The minimum Gasteiger partial charge on any atom is -0.394 e. The van der Waals surface area contributed by atoms with Crippen LogP contribution >= 0.6 is 0 Å². The third-order valence-electron chi connectivity index (χ3n) is 7.26. The van der Waals surface area contributed by atoms with Crippen LogP contribution in [0.25, 0.3) is 22.2 Å². The molecule has 194 valence electrons. The van der Waals surface area contributed by atoms with Gasteiger partial charge in [0, 0.05) is 55.7 Å². The van der Waals surface area contributed by atoms with Gasteiger partial charge in [-0.15, -0.1) is 0 Å². The Labute approximate surface area is 212 Å². The number of nitrogens with two attached hydrogens (primary N) is 1. The number of nitrogens with zero attached hydrogens (tertiary/aromatic N) is 3. The maximum absolute atomic E-state index is 13.3. The molecule has 7 nitrogen and oxygen atoms in total. The number of aromatic nitrogens is 2. The molecule has 1 aromatic carbocycles. The molecule has 0 spiro atoms. The van der Waals surface area contributed by atoms with E-state index in [1.165, 1.54) is 11.9 Å². The van der Waals surface area contributed by atoms with E-state index in [1.54, 1.807) is 0 Å². The van der Waals surface area contributed by atoms with Crippen LogP contribution in [0.1, 0.15) is 41.1 Å². The number of rotatable bonds is 4. The van der Waals surface area contributed by atoms with Gasteiger partial charge in [0.25, 0.3) is 5.91 Å². The van der Waals surface area contributed by atoms with Gasteiger partial charge >= 0.3 is 6.18 Å². The molecule has 0 aliphatic carbocycles. The number of amides is 1. The number of aliphatic imine (C=N–C) groups is 1. The van der Waals surface area contributed by atoms with Crippen molar-refractivity contribution in [2.24, 2.45) is 10.7 Å². The molecule has 2 aliphatic heterocycles. The molecule has 3 aromatic rings. The molecule has 0 radical (unpaired) electrons. The van der Waals surface area contributed by atoms with Crippen LogP contribution in [0.4, 0.5) is 13.2 Å². The molecular weight excluding hydrogens is 481 g/mol. The number of H-pyrrole nitrogens is 1. The number of nitrogens with one attached hydrogen (secondary N) is 2. The van der Waals surface area contributed by atoms with E-state index in [0.29, 0.717) is 6.42 Å². The number of pyridine rings is 1. The fraction of sp³-hybridized carbons (Fsp3) is 0.370. The van der Waals surface area contributed by atoms with Gasteiger partial charge < -0.3 is 20.9 Å². The summed E-state index contributed by atoms with van der Waals surface area (Å²) >= 11 is 0. The van der Waals surface area contributed by atoms with E-state index in [0.717, 1.165) is 70.0 Å². The highest BCUT2D eigenvalue weighted by molar-refractivity contribution is 6.13. The van der Waals surface area contributed by atoms with Gasteiger partial charge in [0.1, 0.15) is 11.3 Å². The van der Waals surface area contributed by atoms with Gasteiger partial charge in [0.05, 0.1) is 5.57 Å². The van der Waals surface area contributed by atoms with E-state index in [-0.39, 0.29) is 19.1 Å². The molecule has 1 fully saturated rings. The Morgan fingerprint density at radius 3 is 2.78 bits per heavy atom. The van der Waals surface area contributed by atoms with Crippen molar-refractivity contribution in [3.8, 4) is 11.1 Å². The lowest BCUT2D eigenvalue weighted by Gasteiger charge is -2.33. The highest BCUT2D eigenvalue weighted by Gasteiger charge is 2.37. The zero-order valence-electron chi connectivity index (χ0n) is 20.7. The van der Waals surface area contributed by atoms with Crippen molar-refractivity contribution in [1.82, 2.24) is 20.2 Å². The van der Waals surface area contributed by atoms with E-state index in [9.17, 15) is 18.0 Å². The summed E-state index contributed by atoms with van der Waals surface area (Å²) < 4.78 is 40.0. The predicted molar refractivity (Wildman–Crippen MR) is 137 cm³/mol. The topological polar surface area (TPSA) is 99.4 Å². The molecule has 4 heterocycles. The Morgan fingerprint density at radius 2 is 2.08 bits per heavy atom. The van der Waals surface area contributed by atoms with Crippen molar-refractivity contribution in [3.63, 3.8) is 0 Å². The Kier molecular flexibility index (Phi) is 6.53. The highest BCUT2D eigenvalue weighted by atomic mass is 19.4. The van der Waals surface area contributed by atoms with Gasteiger partial charge in [0.2, 0.25) is 0 Å².